The second-order valence-electron chi connectivity index (χ2n) is 5.33. The molecule has 0 spiro atoms. The minimum Gasteiger partial charge on any atom is -0.394 e. The molecule has 1 rings (SSSR count). The maximum absolute atomic E-state index is 9.76. The van der Waals surface area contributed by atoms with Gasteiger partial charge < -0.3 is 40.1 Å². The van der Waals surface area contributed by atoms with Crippen molar-refractivity contribution in [1.29, 1.82) is 0 Å². The van der Waals surface area contributed by atoms with Crippen LogP contribution < -0.4 is 0 Å². The van der Waals surface area contributed by atoms with Crippen molar-refractivity contribution in [3.05, 3.63) is 10.4 Å². The summed E-state index contributed by atoms with van der Waals surface area (Å²) in [6.07, 6.45) is -2.69. The zero-order valence-electron chi connectivity index (χ0n) is 12.5. The maximum Gasteiger partial charge on any atom is 0.274 e. The molecule has 6 N–H and O–H groups in total. The number of azide groups is 1. The van der Waals surface area contributed by atoms with Crippen LogP contribution in [0, 0.1) is 0 Å². The van der Waals surface area contributed by atoms with E-state index in [0.29, 0.717) is 25.8 Å². The number of hydrogen-bond donors (Lipinski definition) is 6. The summed E-state index contributed by atoms with van der Waals surface area (Å²) in [6.45, 7) is -0.341. The Bertz CT molecular complexity index is 413. The Morgan fingerprint density at radius 2 is 1.74 bits per heavy atom. The Kier molecular flexibility index (Phi) is 7.61. The lowest BCUT2D eigenvalue weighted by molar-refractivity contribution is -0.482. The molecule has 11 heteroatoms. The van der Waals surface area contributed by atoms with E-state index in [2.05, 4.69) is 10.0 Å². The molecule has 0 saturated carbocycles. The Hall–Kier alpha value is -1.01. The van der Waals surface area contributed by atoms with E-state index in [1.807, 2.05) is 0 Å². The lowest BCUT2D eigenvalue weighted by Gasteiger charge is -2.48. The van der Waals surface area contributed by atoms with E-state index >= 15 is 0 Å². The van der Waals surface area contributed by atoms with E-state index in [9.17, 15) is 25.5 Å². The van der Waals surface area contributed by atoms with Crippen LogP contribution in [0.1, 0.15) is 25.7 Å². The van der Waals surface area contributed by atoms with Crippen molar-refractivity contribution >= 4 is 0 Å². The summed E-state index contributed by atoms with van der Waals surface area (Å²) >= 11 is 0. The van der Waals surface area contributed by atoms with Crippen molar-refractivity contribution in [2.24, 2.45) is 5.11 Å². The molecule has 0 bridgehead atoms. The van der Waals surface area contributed by atoms with Gasteiger partial charge in [0.05, 0.1) is 6.61 Å². The molecule has 11 nitrogen and oxygen atoms in total. The molecule has 0 radical (unpaired) electrons. The van der Waals surface area contributed by atoms with E-state index in [-0.39, 0.29) is 6.61 Å². The monoisotopic (exact) mass is 337 g/mol. The average Bonchev–Trinajstić information content (AvgIpc) is 2.50. The van der Waals surface area contributed by atoms with Crippen LogP contribution in [0.25, 0.3) is 10.4 Å². The normalized spacial score (nSPS) is 29.0. The Labute approximate surface area is 132 Å². The van der Waals surface area contributed by atoms with Gasteiger partial charge in [0.25, 0.3) is 11.6 Å². The van der Waals surface area contributed by atoms with Crippen LogP contribution in [0.5, 0.6) is 0 Å². The first-order valence-corrected chi connectivity index (χ1v) is 7.25. The van der Waals surface area contributed by atoms with E-state index in [1.165, 1.54) is 0 Å². The topological polar surface area (TPSA) is 189 Å². The molecular weight excluding hydrogens is 314 g/mol. The molecule has 1 aliphatic rings. The zero-order valence-corrected chi connectivity index (χ0v) is 12.5. The largest absolute Gasteiger partial charge is 0.394 e. The van der Waals surface area contributed by atoms with Crippen LogP contribution >= 0.6 is 0 Å². The minimum absolute atomic E-state index is 0.0272. The van der Waals surface area contributed by atoms with Crippen LogP contribution in [0.3, 0.4) is 0 Å². The minimum atomic E-state index is -3.32. The summed E-state index contributed by atoms with van der Waals surface area (Å²) in [5.74, 6) is -6.59. The molecule has 0 aromatic rings. The molecule has 0 amide bonds. The number of ether oxygens (including phenoxy) is 2. The standard InChI is InChI=1S/C12H23N3O8/c13-15-14-5-3-1-2-4-6-22-10-12(20,21)11(18,19)9(17)8(7-16)23-10/h8-10,16-21H,1-7H2/t8-,9+,10-/m1/s1. The summed E-state index contributed by atoms with van der Waals surface area (Å²) in [5, 5.41) is 60.8. The SMILES string of the molecule is [N-]=[N+]=NCCCCCCO[C@@H]1O[C@H](CO)[C@H](O)C(O)(O)C1(O)O. The Morgan fingerprint density at radius 1 is 1.09 bits per heavy atom. The molecule has 0 unspecified atom stereocenters. The molecule has 23 heavy (non-hydrogen) atoms. The van der Waals surface area contributed by atoms with E-state index in [4.69, 9.17) is 20.1 Å². The summed E-state index contributed by atoms with van der Waals surface area (Å²) < 4.78 is 10.1. The lowest BCUT2D eigenvalue weighted by atomic mass is 9.92. The van der Waals surface area contributed by atoms with Gasteiger partial charge in [-0.3, -0.25) is 0 Å². The molecule has 3 atom stereocenters. The summed E-state index contributed by atoms with van der Waals surface area (Å²) in [6, 6.07) is 0. The molecule has 1 fully saturated rings. The molecule has 1 heterocycles. The summed E-state index contributed by atoms with van der Waals surface area (Å²) in [7, 11) is 0. The fourth-order valence-electron chi connectivity index (χ4n) is 2.15. The van der Waals surface area contributed by atoms with Gasteiger partial charge in [-0.1, -0.05) is 18.0 Å². The highest BCUT2D eigenvalue weighted by molar-refractivity contribution is 4.99. The lowest BCUT2D eigenvalue weighted by Crippen LogP contribution is -2.75. The van der Waals surface area contributed by atoms with Gasteiger partial charge in [-0.05, 0) is 18.4 Å². The maximum atomic E-state index is 9.76. The Balaban J connectivity index is 2.44. The van der Waals surface area contributed by atoms with Gasteiger partial charge in [0.15, 0.2) is 0 Å². The Morgan fingerprint density at radius 3 is 2.35 bits per heavy atom. The first kappa shape index (κ1) is 20.0. The van der Waals surface area contributed by atoms with Crippen molar-refractivity contribution in [3.63, 3.8) is 0 Å². The van der Waals surface area contributed by atoms with Crippen molar-refractivity contribution in [1.82, 2.24) is 0 Å². The molecule has 0 aliphatic carbocycles. The molecule has 1 aliphatic heterocycles. The predicted octanol–water partition coefficient (Wildman–Crippen LogP) is -1.69. The highest BCUT2D eigenvalue weighted by Crippen LogP contribution is 2.35. The van der Waals surface area contributed by atoms with Gasteiger partial charge in [0, 0.05) is 18.1 Å². The first-order valence-electron chi connectivity index (χ1n) is 7.25. The summed E-state index contributed by atoms with van der Waals surface area (Å²) in [5.41, 5.74) is 8.10. The zero-order chi connectivity index (χ0) is 17.5. The number of hydrogen-bond acceptors (Lipinski definition) is 9. The van der Waals surface area contributed by atoms with Gasteiger partial charge in [-0.25, -0.2) is 0 Å². The van der Waals surface area contributed by atoms with Crippen LogP contribution in [0.15, 0.2) is 5.11 Å². The third-order valence-corrected chi connectivity index (χ3v) is 3.60. The second kappa shape index (κ2) is 8.73. The van der Waals surface area contributed by atoms with Crippen LogP contribution in [0.4, 0.5) is 0 Å². The average molecular weight is 337 g/mol. The van der Waals surface area contributed by atoms with Crippen molar-refractivity contribution < 1.29 is 40.1 Å². The van der Waals surface area contributed by atoms with Gasteiger partial charge in [0.2, 0.25) is 6.29 Å². The van der Waals surface area contributed by atoms with Crippen molar-refractivity contribution in [3.8, 4) is 0 Å². The van der Waals surface area contributed by atoms with Gasteiger partial charge in [0.1, 0.15) is 12.2 Å². The first-order chi connectivity index (χ1) is 10.8. The molecule has 0 aromatic heterocycles. The van der Waals surface area contributed by atoms with Gasteiger partial charge in [-0.15, -0.1) is 0 Å². The molecular formula is C12H23N3O8. The summed E-state index contributed by atoms with van der Waals surface area (Å²) in [4.78, 5) is 2.62. The third kappa shape index (κ3) is 4.73. The van der Waals surface area contributed by atoms with Crippen molar-refractivity contribution in [2.45, 2.75) is 55.8 Å². The van der Waals surface area contributed by atoms with E-state index < -0.39 is 36.7 Å². The van der Waals surface area contributed by atoms with Gasteiger partial charge in [-0.2, -0.15) is 0 Å². The van der Waals surface area contributed by atoms with Crippen LogP contribution in [-0.2, 0) is 9.47 Å². The smallest absolute Gasteiger partial charge is 0.274 e. The number of unbranched alkanes of at least 4 members (excludes halogenated alkanes) is 3. The van der Waals surface area contributed by atoms with E-state index in [1.54, 1.807) is 0 Å². The molecule has 134 valence electrons. The number of aliphatic hydroxyl groups is 6. The number of nitrogens with zero attached hydrogens (tertiary/aromatic N) is 3. The number of aliphatic hydroxyl groups excluding tert-OH is 2. The molecule has 1 saturated heterocycles. The quantitative estimate of drug-likeness (QED) is 0.0944. The second-order valence-corrected chi connectivity index (χ2v) is 5.33. The number of rotatable bonds is 9. The third-order valence-electron chi connectivity index (χ3n) is 3.60. The van der Waals surface area contributed by atoms with Crippen molar-refractivity contribution in [2.75, 3.05) is 19.8 Å². The highest BCUT2D eigenvalue weighted by Gasteiger charge is 2.65. The van der Waals surface area contributed by atoms with Crippen LogP contribution in [0.2, 0.25) is 0 Å². The predicted molar refractivity (Wildman–Crippen MR) is 74.5 cm³/mol. The highest BCUT2D eigenvalue weighted by atomic mass is 16.7. The van der Waals surface area contributed by atoms with E-state index in [0.717, 1.165) is 6.42 Å². The fraction of sp³-hybridized carbons (Fsp3) is 1.00. The van der Waals surface area contributed by atoms with Crippen LogP contribution in [-0.4, -0.2) is 80.5 Å². The fourth-order valence-corrected chi connectivity index (χ4v) is 2.15. The van der Waals surface area contributed by atoms with Gasteiger partial charge >= 0.3 is 0 Å². The molecule has 0 aromatic carbocycles.